The van der Waals surface area contributed by atoms with Crippen LogP contribution in [0.3, 0.4) is 0 Å². The van der Waals surface area contributed by atoms with Crippen LogP contribution in [-0.4, -0.2) is 27.2 Å². The van der Waals surface area contributed by atoms with E-state index >= 15 is 0 Å². The first kappa shape index (κ1) is 25.1. The van der Waals surface area contributed by atoms with E-state index in [1.807, 2.05) is 66.7 Å². The third-order valence-electron chi connectivity index (χ3n) is 5.99. The van der Waals surface area contributed by atoms with Crippen molar-refractivity contribution in [3.63, 3.8) is 0 Å². The topological polar surface area (TPSA) is 83.2 Å². The Labute approximate surface area is 213 Å². The molecule has 0 saturated heterocycles. The third-order valence-corrected chi connectivity index (χ3v) is 6.25. The van der Waals surface area contributed by atoms with Gasteiger partial charge in [0.2, 0.25) is 0 Å². The summed E-state index contributed by atoms with van der Waals surface area (Å²) in [4.78, 5) is 42.8. The molecule has 1 heterocycles. The lowest BCUT2D eigenvalue weighted by molar-refractivity contribution is -0.145. The van der Waals surface area contributed by atoms with Crippen LogP contribution in [0, 0.1) is 5.92 Å². The minimum absolute atomic E-state index is 0.126. The maximum atomic E-state index is 13.6. The number of aromatic nitrogens is 3. The normalized spacial score (nSPS) is 11.8. The summed E-state index contributed by atoms with van der Waals surface area (Å²) >= 11 is 6.04. The van der Waals surface area contributed by atoms with Gasteiger partial charge in [-0.3, -0.25) is 9.36 Å². The maximum absolute atomic E-state index is 13.6. The van der Waals surface area contributed by atoms with Gasteiger partial charge < -0.3 is 4.74 Å². The van der Waals surface area contributed by atoms with Crippen molar-refractivity contribution in [3.05, 3.63) is 122 Å². The van der Waals surface area contributed by atoms with Crippen molar-refractivity contribution in [2.75, 3.05) is 7.11 Å². The van der Waals surface area contributed by atoms with Crippen molar-refractivity contribution < 1.29 is 9.53 Å². The number of methoxy groups -OCH3 is 1. The lowest BCUT2D eigenvalue weighted by Crippen LogP contribution is -2.45. The Hall–Kier alpha value is -3.97. The molecular weight excluding hydrogens is 478 g/mol. The summed E-state index contributed by atoms with van der Waals surface area (Å²) < 4.78 is 7.24. The van der Waals surface area contributed by atoms with Gasteiger partial charge in [-0.25, -0.2) is 14.2 Å². The van der Waals surface area contributed by atoms with Crippen LogP contribution in [0.15, 0.2) is 88.5 Å². The smallest absolute Gasteiger partial charge is 0.353 e. The molecule has 1 atom stereocenters. The fourth-order valence-electron chi connectivity index (χ4n) is 4.09. The molecule has 0 amide bonds. The summed E-state index contributed by atoms with van der Waals surface area (Å²) in [5.74, 6) is -0.854. The first-order chi connectivity index (χ1) is 17.4. The molecule has 3 aromatic carbocycles. The monoisotopic (exact) mass is 503 g/mol. The summed E-state index contributed by atoms with van der Waals surface area (Å²) in [6, 6.07) is 24.9. The molecule has 0 aliphatic carbocycles. The van der Waals surface area contributed by atoms with E-state index in [2.05, 4.69) is 4.98 Å². The Morgan fingerprint density at radius 3 is 2.31 bits per heavy atom. The van der Waals surface area contributed by atoms with Gasteiger partial charge in [0.25, 0.3) is 0 Å². The van der Waals surface area contributed by atoms with E-state index in [9.17, 15) is 14.4 Å². The van der Waals surface area contributed by atoms with Crippen molar-refractivity contribution in [1.82, 2.24) is 14.1 Å². The van der Waals surface area contributed by atoms with Gasteiger partial charge in [0.1, 0.15) is 5.82 Å². The second kappa shape index (κ2) is 11.2. The van der Waals surface area contributed by atoms with Gasteiger partial charge in [0.05, 0.1) is 19.6 Å². The van der Waals surface area contributed by atoms with Crippen molar-refractivity contribution in [3.8, 4) is 11.1 Å². The summed E-state index contributed by atoms with van der Waals surface area (Å²) in [5.41, 5.74) is 2.55. The minimum atomic E-state index is -0.699. The first-order valence-electron chi connectivity index (χ1n) is 11.5. The fraction of sp³-hybridized carbons (Fsp3) is 0.214. The molecule has 0 fully saturated rings. The Morgan fingerprint density at radius 2 is 1.61 bits per heavy atom. The molecule has 0 N–H and O–H groups in total. The molecule has 0 aliphatic rings. The molecular formula is C28H26ClN3O4. The Kier molecular flexibility index (Phi) is 7.80. The number of halogens is 1. The lowest BCUT2D eigenvalue weighted by Gasteiger charge is -2.17. The SMILES string of the molecule is COC(=O)[C@@H](C)Cn1c(=O)nc(Cc2ccccc2-c2ccccc2)n(Cc2ccc(Cl)cc2)c1=O. The van der Waals surface area contributed by atoms with E-state index in [1.165, 1.54) is 11.7 Å². The highest BCUT2D eigenvalue weighted by Crippen LogP contribution is 2.25. The van der Waals surface area contributed by atoms with E-state index in [0.29, 0.717) is 10.8 Å². The molecule has 184 valence electrons. The summed E-state index contributed by atoms with van der Waals surface area (Å²) in [6.45, 7) is 1.67. The Morgan fingerprint density at radius 1 is 0.944 bits per heavy atom. The molecule has 0 radical (unpaired) electrons. The van der Waals surface area contributed by atoms with Crippen molar-refractivity contribution in [1.29, 1.82) is 0 Å². The first-order valence-corrected chi connectivity index (χ1v) is 11.9. The Bertz CT molecular complexity index is 1480. The van der Waals surface area contributed by atoms with E-state index in [-0.39, 0.29) is 19.5 Å². The van der Waals surface area contributed by atoms with Gasteiger partial charge >= 0.3 is 17.3 Å². The molecule has 4 rings (SSSR count). The number of carbonyl (C=O) groups excluding carboxylic acids is 1. The second-order valence-electron chi connectivity index (χ2n) is 8.54. The van der Waals surface area contributed by atoms with E-state index in [4.69, 9.17) is 16.3 Å². The average Bonchev–Trinajstić information content (AvgIpc) is 2.90. The summed E-state index contributed by atoms with van der Waals surface area (Å²) in [6.07, 6.45) is 0.274. The van der Waals surface area contributed by atoms with Gasteiger partial charge in [-0.1, -0.05) is 85.3 Å². The zero-order valence-corrected chi connectivity index (χ0v) is 20.8. The number of nitrogens with zero attached hydrogens (tertiary/aromatic N) is 3. The molecule has 0 unspecified atom stereocenters. The predicted molar refractivity (Wildman–Crippen MR) is 139 cm³/mol. The molecule has 1 aromatic heterocycles. The zero-order valence-electron chi connectivity index (χ0n) is 20.1. The second-order valence-corrected chi connectivity index (χ2v) is 8.98. The van der Waals surface area contributed by atoms with E-state index in [1.54, 1.807) is 19.1 Å². The number of hydrogen-bond donors (Lipinski definition) is 0. The molecule has 8 heteroatoms. The molecule has 0 spiro atoms. The number of hydrogen-bond acceptors (Lipinski definition) is 5. The Balaban J connectivity index is 1.81. The maximum Gasteiger partial charge on any atom is 0.353 e. The molecule has 0 bridgehead atoms. The van der Waals surface area contributed by atoms with Crippen molar-refractivity contribution in [2.24, 2.45) is 5.92 Å². The van der Waals surface area contributed by atoms with Crippen molar-refractivity contribution in [2.45, 2.75) is 26.4 Å². The minimum Gasteiger partial charge on any atom is -0.469 e. The van der Waals surface area contributed by atoms with Crippen LogP contribution >= 0.6 is 11.6 Å². The van der Waals surface area contributed by atoms with Gasteiger partial charge in [-0.15, -0.1) is 0 Å². The van der Waals surface area contributed by atoms with Crippen LogP contribution in [-0.2, 0) is 29.0 Å². The van der Waals surface area contributed by atoms with Crippen LogP contribution in [0.1, 0.15) is 23.9 Å². The van der Waals surface area contributed by atoms with Crippen LogP contribution in [0.4, 0.5) is 0 Å². The number of ether oxygens (including phenoxy) is 1. The fourth-order valence-corrected chi connectivity index (χ4v) is 4.21. The molecule has 4 aromatic rings. The van der Waals surface area contributed by atoms with Crippen molar-refractivity contribution >= 4 is 17.6 Å². The van der Waals surface area contributed by atoms with Crippen LogP contribution in [0.25, 0.3) is 11.1 Å². The number of esters is 1. The summed E-state index contributed by atoms with van der Waals surface area (Å²) in [5, 5.41) is 0.582. The van der Waals surface area contributed by atoms with Gasteiger partial charge in [-0.05, 0) is 34.4 Å². The van der Waals surface area contributed by atoms with Gasteiger partial charge in [-0.2, -0.15) is 4.98 Å². The third kappa shape index (κ3) is 5.63. The summed E-state index contributed by atoms with van der Waals surface area (Å²) in [7, 11) is 1.27. The molecule has 0 saturated carbocycles. The average molecular weight is 504 g/mol. The van der Waals surface area contributed by atoms with Gasteiger partial charge in [0.15, 0.2) is 0 Å². The van der Waals surface area contributed by atoms with Crippen LogP contribution < -0.4 is 11.4 Å². The van der Waals surface area contributed by atoms with Crippen LogP contribution in [0.2, 0.25) is 5.02 Å². The molecule has 0 aliphatic heterocycles. The molecule has 36 heavy (non-hydrogen) atoms. The highest BCUT2D eigenvalue weighted by atomic mass is 35.5. The molecule has 7 nitrogen and oxygen atoms in total. The van der Waals surface area contributed by atoms with Crippen LogP contribution in [0.5, 0.6) is 0 Å². The van der Waals surface area contributed by atoms with E-state index in [0.717, 1.165) is 26.8 Å². The highest BCUT2D eigenvalue weighted by molar-refractivity contribution is 6.30. The number of rotatable bonds is 8. The zero-order chi connectivity index (χ0) is 25.7. The highest BCUT2D eigenvalue weighted by Gasteiger charge is 2.20. The quantitative estimate of drug-likeness (QED) is 0.337. The standard InChI is InChI=1S/C28H26ClN3O4/c1-19(26(33)36-2)17-32-27(34)30-25(31(28(32)35)18-20-12-14-23(29)15-13-20)16-22-10-6-7-11-24(22)21-8-4-3-5-9-21/h3-15,19H,16-18H2,1-2H3/t19-/m0/s1. The largest absolute Gasteiger partial charge is 0.469 e. The van der Waals surface area contributed by atoms with E-state index < -0.39 is 23.3 Å². The lowest BCUT2D eigenvalue weighted by atomic mass is 9.97. The predicted octanol–water partition coefficient (Wildman–Crippen LogP) is 4.17. The number of carbonyl (C=O) groups is 1. The number of benzene rings is 3. The van der Waals surface area contributed by atoms with Gasteiger partial charge in [0, 0.05) is 18.0 Å².